The minimum Gasteiger partial charge on any atom is -0.496 e. The molecule has 2 aromatic rings. The average molecular weight is 406 g/mol. The van der Waals surface area contributed by atoms with Gasteiger partial charge in [0.2, 0.25) is 0 Å². The summed E-state index contributed by atoms with van der Waals surface area (Å²) in [6.07, 6.45) is 5.26. The number of para-hydroxylation sites is 1. The maximum atomic E-state index is 6.87. The van der Waals surface area contributed by atoms with E-state index in [2.05, 4.69) is 74.2 Å². The summed E-state index contributed by atoms with van der Waals surface area (Å²) in [6.45, 7) is 8.34. The first kappa shape index (κ1) is 20.1. The molecule has 5 rings (SSSR count). The number of methoxy groups -OCH3 is 1. The lowest BCUT2D eigenvalue weighted by Gasteiger charge is -2.60. The molecule has 5 atom stereocenters. The third-order valence-corrected chi connectivity index (χ3v) is 8.07. The Morgan fingerprint density at radius 3 is 2.57 bits per heavy atom. The Labute approximate surface area is 181 Å². The van der Waals surface area contributed by atoms with Gasteiger partial charge in [-0.2, -0.15) is 0 Å². The van der Waals surface area contributed by atoms with Crippen LogP contribution in [0.4, 0.5) is 0 Å². The Hall–Kier alpha value is -1.84. The highest BCUT2D eigenvalue weighted by molar-refractivity contribution is 5.40. The minimum atomic E-state index is 0.0802. The number of fused-ring (bicyclic) bond motifs is 4. The Morgan fingerprint density at radius 2 is 1.77 bits per heavy atom. The van der Waals surface area contributed by atoms with Crippen molar-refractivity contribution in [1.82, 2.24) is 4.90 Å². The summed E-state index contributed by atoms with van der Waals surface area (Å²) in [4.78, 5) is 2.67. The largest absolute Gasteiger partial charge is 0.496 e. The van der Waals surface area contributed by atoms with Crippen molar-refractivity contribution in [3.8, 4) is 5.75 Å². The predicted octanol–water partition coefficient (Wildman–Crippen LogP) is 5.95. The first-order chi connectivity index (χ1) is 14.5. The van der Waals surface area contributed by atoms with Gasteiger partial charge in [-0.1, -0.05) is 55.8 Å². The van der Waals surface area contributed by atoms with E-state index in [1.807, 2.05) is 0 Å². The van der Waals surface area contributed by atoms with Crippen molar-refractivity contribution < 1.29 is 9.47 Å². The van der Waals surface area contributed by atoms with E-state index in [1.165, 1.54) is 36.0 Å². The molecule has 2 heterocycles. The molecule has 0 N–H and O–H groups in total. The van der Waals surface area contributed by atoms with Crippen LogP contribution in [-0.4, -0.2) is 30.2 Å². The second-order valence-electron chi connectivity index (χ2n) is 10.2. The van der Waals surface area contributed by atoms with Gasteiger partial charge in [-0.15, -0.1) is 0 Å². The van der Waals surface area contributed by atoms with Gasteiger partial charge in [0.15, 0.2) is 0 Å². The number of ether oxygens (including phenoxy) is 2. The SMILES string of the molecule is COc1ccccc1C[C@@H]1CN2[C@@H](OC3C[C@H](C)CCC3C2(C)C)c2ccccc21. The van der Waals surface area contributed by atoms with Gasteiger partial charge in [0.25, 0.3) is 0 Å². The maximum absolute atomic E-state index is 6.87. The van der Waals surface area contributed by atoms with Crippen LogP contribution in [0.25, 0.3) is 0 Å². The van der Waals surface area contributed by atoms with Crippen LogP contribution in [0, 0.1) is 11.8 Å². The smallest absolute Gasteiger partial charge is 0.137 e. The quantitative estimate of drug-likeness (QED) is 0.630. The van der Waals surface area contributed by atoms with Crippen LogP contribution in [0.5, 0.6) is 5.75 Å². The van der Waals surface area contributed by atoms with Gasteiger partial charge in [-0.3, -0.25) is 4.90 Å². The molecule has 3 nitrogen and oxygen atoms in total. The molecule has 0 spiro atoms. The molecule has 2 fully saturated rings. The molecule has 0 bridgehead atoms. The molecule has 3 heteroatoms. The summed E-state index contributed by atoms with van der Waals surface area (Å²) in [5.74, 6) is 2.82. The van der Waals surface area contributed by atoms with E-state index in [1.54, 1.807) is 7.11 Å². The zero-order valence-electron chi connectivity index (χ0n) is 18.8. The summed E-state index contributed by atoms with van der Waals surface area (Å²) in [5, 5.41) is 0. The molecule has 30 heavy (non-hydrogen) atoms. The van der Waals surface area contributed by atoms with E-state index >= 15 is 0 Å². The maximum Gasteiger partial charge on any atom is 0.137 e. The average Bonchev–Trinajstić information content (AvgIpc) is 2.75. The zero-order chi connectivity index (χ0) is 20.9. The van der Waals surface area contributed by atoms with E-state index < -0.39 is 0 Å². The molecule has 2 unspecified atom stereocenters. The van der Waals surface area contributed by atoms with E-state index in [-0.39, 0.29) is 11.8 Å². The standard InChI is InChI=1S/C27H35NO2/c1-18-13-14-23-25(15-18)30-26-22-11-7-6-10-21(22)20(17-28(26)27(23,2)3)16-19-9-5-8-12-24(19)29-4/h5-12,18,20,23,25-26H,13-17H2,1-4H3/t18-,20-,23?,25?,26+/m1/s1. The van der Waals surface area contributed by atoms with Crippen molar-refractivity contribution in [2.45, 2.75) is 70.2 Å². The van der Waals surface area contributed by atoms with E-state index in [0.717, 1.165) is 24.6 Å². The summed E-state index contributed by atoms with van der Waals surface area (Å²) in [7, 11) is 1.77. The molecule has 0 radical (unpaired) electrons. The molecule has 1 aliphatic carbocycles. The van der Waals surface area contributed by atoms with Crippen molar-refractivity contribution in [2.75, 3.05) is 13.7 Å². The van der Waals surface area contributed by atoms with Crippen LogP contribution in [-0.2, 0) is 11.2 Å². The van der Waals surface area contributed by atoms with Gasteiger partial charge >= 0.3 is 0 Å². The molecule has 0 amide bonds. The van der Waals surface area contributed by atoms with Crippen molar-refractivity contribution in [3.63, 3.8) is 0 Å². The molecule has 0 aromatic heterocycles. The van der Waals surface area contributed by atoms with Gasteiger partial charge in [0.05, 0.1) is 13.2 Å². The van der Waals surface area contributed by atoms with Gasteiger partial charge in [0, 0.05) is 23.9 Å². The van der Waals surface area contributed by atoms with Crippen LogP contribution >= 0.6 is 0 Å². The molecule has 2 aromatic carbocycles. The van der Waals surface area contributed by atoms with E-state index in [0.29, 0.717) is 17.9 Å². The number of benzene rings is 2. The van der Waals surface area contributed by atoms with E-state index in [4.69, 9.17) is 9.47 Å². The molecule has 1 saturated carbocycles. The van der Waals surface area contributed by atoms with Crippen LogP contribution in [0.2, 0.25) is 0 Å². The Morgan fingerprint density at radius 1 is 1.03 bits per heavy atom. The third-order valence-electron chi connectivity index (χ3n) is 8.07. The molecular weight excluding hydrogens is 370 g/mol. The molecule has 3 aliphatic rings. The second kappa shape index (κ2) is 7.69. The number of hydrogen-bond donors (Lipinski definition) is 0. The van der Waals surface area contributed by atoms with Gasteiger partial charge in [0.1, 0.15) is 12.0 Å². The second-order valence-corrected chi connectivity index (χ2v) is 10.2. The molecular formula is C27H35NO2. The highest BCUT2D eigenvalue weighted by atomic mass is 16.5. The van der Waals surface area contributed by atoms with Crippen LogP contribution in [0.1, 0.15) is 68.9 Å². The topological polar surface area (TPSA) is 21.7 Å². The molecule has 1 saturated heterocycles. The van der Waals surface area contributed by atoms with Crippen molar-refractivity contribution in [1.29, 1.82) is 0 Å². The number of rotatable bonds is 3. The Kier molecular flexibility index (Phi) is 5.15. The molecule has 160 valence electrons. The lowest BCUT2D eigenvalue weighted by Crippen LogP contribution is -2.63. The van der Waals surface area contributed by atoms with Crippen LogP contribution < -0.4 is 4.74 Å². The summed E-state index contributed by atoms with van der Waals surface area (Å²) < 4.78 is 12.5. The molecule has 2 aliphatic heterocycles. The highest BCUT2D eigenvalue weighted by Crippen LogP contribution is 2.52. The fourth-order valence-electron chi connectivity index (χ4n) is 6.37. The van der Waals surface area contributed by atoms with Crippen LogP contribution in [0.3, 0.4) is 0 Å². The van der Waals surface area contributed by atoms with Crippen molar-refractivity contribution >= 4 is 0 Å². The Bertz CT molecular complexity index is 907. The zero-order valence-corrected chi connectivity index (χ0v) is 18.8. The lowest BCUT2D eigenvalue weighted by molar-refractivity contribution is -0.242. The predicted molar refractivity (Wildman–Crippen MR) is 121 cm³/mol. The fraction of sp³-hybridized carbons (Fsp3) is 0.556. The lowest BCUT2D eigenvalue weighted by atomic mass is 9.68. The highest BCUT2D eigenvalue weighted by Gasteiger charge is 2.53. The normalized spacial score (nSPS) is 32.6. The summed E-state index contributed by atoms with van der Waals surface area (Å²) in [5.41, 5.74) is 4.25. The van der Waals surface area contributed by atoms with Gasteiger partial charge in [-0.05, 0) is 61.8 Å². The number of hydrogen-bond acceptors (Lipinski definition) is 3. The summed E-state index contributed by atoms with van der Waals surface area (Å²) >= 11 is 0. The van der Waals surface area contributed by atoms with Crippen molar-refractivity contribution in [3.05, 3.63) is 65.2 Å². The summed E-state index contributed by atoms with van der Waals surface area (Å²) in [6, 6.07) is 17.4. The first-order valence-corrected chi connectivity index (χ1v) is 11.6. The third kappa shape index (κ3) is 3.27. The minimum absolute atomic E-state index is 0.0802. The van der Waals surface area contributed by atoms with Gasteiger partial charge < -0.3 is 9.47 Å². The van der Waals surface area contributed by atoms with Gasteiger partial charge in [-0.25, -0.2) is 0 Å². The Balaban J connectivity index is 1.52. The monoisotopic (exact) mass is 405 g/mol. The van der Waals surface area contributed by atoms with Crippen LogP contribution in [0.15, 0.2) is 48.5 Å². The first-order valence-electron chi connectivity index (χ1n) is 11.6. The fourth-order valence-corrected chi connectivity index (χ4v) is 6.37. The number of nitrogens with zero attached hydrogens (tertiary/aromatic N) is 1. The van der Waals surface area contributed by atoms with Crippen molar-refractivity contribution in [2.24, 2.45) is 11.8 Å². The van der Waals surface area contributed by atoms with E-state index in [9.17, 15) is 0 Å².